The number of benzene rings is 2. The summed E-state index contributed by atoms with van der Waals surface area (Å²) in [7, 11) is 3.81. The van der Waals surface area contributed by atoms with Crippen LogP contribution in [0.1, 0.15) is 29.8 Å². The van der Waals surface area contributed by atoms with Gasteiger partial charge in [0.15, 0.2) is 0 Å². The molecule has 8 heteroatoms. The summed E-state index contributed by atoms with van der Waals surface area (Å²) in [6.45, 7) is 9.08. The summed E-state index contributed by atoms with van der Waals surface area (Å²) in [6, 6.07) is 14.3. The number of aromatic nitrogens is 1. The number of fused-ring (bicyclic) bond motifs is 1. The van der Waals surface area contributed by atoms with Gasteiger partial charge in [-0.1, -0.05) is 18.2 Å². The Morgan fingerprint density at radius 2 is 1.70 bits per heavy atom. The minimum absolute atomic E-state index is 0.0758. The molecule has 194 valence electrons. The molecular formula is C29H35FN6O. The Bertz CT molecular complexity index is 1310. The fourth-order valence-electron chi connectivity index (χ4n) is 5.34. The summed E-state index contributed by atoms with van der Waals surface area (Å²) in [5.41, 5.74) is 12.4. The van der Waals surface area contributed by atoms with E-state index in [0.717, 1.165) is 60.7 Å². The zero-order chi connectivity index (χ0) is 26.3. The number of pyridine rings is 1. The third kappa shape index (κ3) is 4.85. The first-order valence-corrected chi connectivity index (χ1v) is 12.9. The molecule has 2 aromatic carbocycles. The first-order valence-electron chi connectivity index (χ1n) is 12.9. The van der Waals surface area contributed by atoms with Crippen molar-refractivity contribution in [3.8, 4) is 22.3 Å². The standard InChI is InChI=1S/C29H35FN6O/c1-18(2)35-11-13-36(14-12-35)22-7-5-19(6-8-22)23-17-24(28(31)33-27(23)30)21-15-20-9-10-32-29(37)26(20)25(16-21)34(3)4/h5-8,15-18H,9-14H2,1-4H3,(H2,31,33)(H,32,37). The van der Waals surface area contributed by atoms with Crippen molar-refractivity contribution >= 4 is 23.1 Å². The van der Waals surface area contributed by atoms with E-state index in [1.165, 1.54) is 0 Å². The lowest BCUT2D eigenvalue weighted by atomic mass is 9.92. The second kappa shape index (κ2) is 10.0. The van der Waals surface area contributed by atoms with E-state index in [1.807, 2.05) is 43.3 Å². The zero-order valence-electron chi connectivity index (χ0n) is 22.0. The van der Waals surface area contributed by atoms with Gasteiger partial charge in [0.2, 0.25) is 5.95 Å². The van der Waals surface area contributed by atoms with Gasteiger partial charge in [-0.15, -0.1) is 0 Å². The molecular weight excluding hydrogens is 467 g/mol. The van der Waals surface area contributed by atoms with E-state index in [0.29, 0.717) is 29.3 Å². The maximum Gasteiger partial charge on any atom is 0.253 e. The van der Waals surface area contributed by atoms with Crippen LogP contribution in [-0.2, 0) is 6.42 Å². The Kier molecular flexibility index (Phi) is 6.77. The monoisotopic (exact) mass is 502 g/mol. The van der Waals surface area contributed by atoms with Gasteiger partial charge in [-0.05, 0) is 61.2 Å². The molecule has 0 spiro atoms. The smallest absolute Gasteiger partial charge is 0.253 e. The van der Waals surface area contributed by atoms with Crippen LogP contribution in [-0.4, -0.2) is 68.7 Å². The first kappa shape index (κ1) is 25.0. The molecule has 37 heavy (non-hydrogen) atoms. The maximum absolute atomic E-state index is 15.1. The molecule has 0 bridgehead atoms. The molecule has 2 aliphatic rings. The molecule has 0 aliphatic carbocycles. The predicted octanol–water partition coefficient (Wildman–Crippen LogP) is 4.02. The van der Waals surface area contributed by atoms with Crippen molar-refractivity contribution in [3.05, 3.63) is 59.5 Å². The highest BCUT2D eigenvalue weighted by Crippen LogP contribution is 2.37. The van der Waals surface area contributed by atoms with Gasteiger partial charge in [-0.25, -0.2) is 4.98 Å². The van der Waals surface area contributed by atoms with Gasteiger partial charge in [0, 0.05) is 75.4 Å². The molecule has 2 aliphatic heterocycles. The van der Waals surface area contributed by atoms with Crippen molar-refractivity contribution in [2.45, 2.75) is 26.3 Å². The molecule has 3 aromatic rings. The van der Waals surface area contributed by atoms with Gasteiger partial charge >= 0.3 is 0 Å². The van der Waals surface area contributed by atoms with Gasteiger partial charge in [-0.2, -0.15) is 4.39 Å². The molecule has 1 saturated heterocycles. The highest BCUT2D eigenvalue weighted by molar-refractivity contribution is 6.03. The summed E-state index contributed by atoms with van der Waals surface area (Å²) in [5, 5.41) is 2.92. The van der Waals surface area contributed by atoms with Crippen LogP contribution in [0, 0.1) is 5.95 Å². The van der Waals surface area contributed by atoms with E-state index in [4.69, 9.17) is 5.73 Å². The minimum Gasteiger partial charge on any atom is -0.383 e. The molecule has 1 amide bonds. The van der Waals surface area contributed by atoms with Crippen LogP contribution in [0.15, 0.2) is 42.5 Å². The van der Waals surface area contributed by atoms with Gasteiger partial charge in [-0.3, -0.25) is 9.69 Å². The minimum atomic E-state index is -0.593. The fraction of sp³-hybridized carbons (Fsp3) is 0.379. The van der Waals surface area contributed by atoms with Crippen LogP contribution < -0.4 is 20.9 Å². The number of carbonyl (C=O) groups is 1. The van der Waals surface area contributed by atoms with Crippen LogP contribution in [0.25, 0.3) is 22.3 Å². The molecule has 0 atom stereocenters. The Balaban J connectivity index is 1.48. The number of piperazine rings is 1. The molecule has 0 radical (unpaired) electrons. The number of nitrogens with zero attached hydrogens (tertiary/aromatic N) is 4. The number of halogens is 1. The normalized spacial score (nSPS) is 16.1. The van der Waals surface area contributed by atoms with Gasteiger partial charge < -0.3 is 20.9 Å². The number of hydrogen-bond donors (Lipinski definition) is 2. The fourth-order valence-corrected chi connectivity index (χ4v) is 5.34. The predicted molar refractivity (Wildman–Crippen MR) is 149 cm³/mol. The maximum atomic E-state index is 15.1. The summed E-state index contributed by atoms with van der Waals surface area (Å²) in [6.07, 6.45) is 0.726. The number of carbonyl (C=O) groups excluding carboxylic acids is 1. The van der Waals surface area contributed by atoms with Crippen molar-refractivity contribution in [2.24, 2.45) is 0 Å². The quantitative estimate of drug-likeness (QED) is 0.514. The van der Waals surface area contributed by atoms with Crippen molar-refractivity contribution in [2.75, 3.05) is 62.4 Å². The van der Waals surface area contributed by atoms with Crippen molar-refractivity contribution in [3.63, 3.8) is 0 Å². The molecule has 3 heterocycles. The Labute approximate surface area is 218 Å². The highest BCUT2D eigenvalue weighted by Gasteiger charge is 2.24. The molecule has 5 rings (SSSR count). The lowest BCUT2D eigenvalue weighted by molar-refractivity contribution is 0.0946. The number of nitrogens with two attached hydrogens (primary N) is 1. The van der Waals surface area contributed by atoms with Crippen molar-refractivity contribution < 1.29 is 9.18 Å². The Morgan fingerprint density at radius 1 is 1.00 bits per heavy atom. The molecule has 7 nitrogen and oxygen atoms in total. The molecule has 0 saturated carbocycles. The third-order valence-electron chi connectivity index (χ3n) is 7.49. The average molecular weight is 503 g/mol. The van der Waals surface area contributed by atoms with Crippen molar-refractivity contribution in [1.29, 1.82) is 0 Å². The topological polar surface area (TPSA) is 77.7 Å². The Morgan fingerprint density at radius 3 is 2.35 bits per heavy atom. The molecule has 1 aromatic heterocycles. The SMILES string of the molecule is CC(C)N1CCN(c2ccc(-c3cc(-c4cc5c(c(N(C)C)c4)C(=O)NCC5)c(N)nc3F)cc2)CC1. The van der Waals surface area contributed by atoms with Crippen molar-refractivity contribution in [1.82, 2.24) is 15.2 Å². The molecule has 1 fully saturated rings. The van der Waals surface area contributed by atoms with Crippen LogP contribution in [0.5, 0.6) is 0 Å². The Hall–Kier alpha value is -3.65. The van der Waals surface area contributed by atoms with Gasteiger partial charge in [0.25, 0.3) is 5.91 Å². The van der Waals surface area contributed by atoms with Crippen LogP contribution in [0.3, 0.4) is 0 Å². The molecule has 3 N–H and O–H groups in total. The lowest BCUT2D eigenvalue weighted by Crippen LogP contribution is -2.48. The first-order chi connectivity index (χ1) is 17.7. The van der Waals surface area contributed by atoms with Crippen LogP contribution in [0.2, 0.25) is 0 Å². The van der Waals surface area contributed by atoms with E-state index < -0.39 is 5.95 Å². The lowest BCUT2D eigenvalue weighted by Gasteiger charge is -2.38. The van der Waals surface area contributed by atoms with Crippen LogP contribution >= 0.6 is 0 Å². The number of anilines is 3. The van der Waals surface area contributed by atoms with Gasteiger partial charge in [0.05, 0.1) is 5.56 Å². The summed E-state index contributed by atoms with van der Waals surface area (Å²) < 4.78 is 15.1. The third-order valence-corrected chi connectivity index (χ3v) is 7.49. The van der Waals surface area contributed by atoms with E-state index in [2.05, 4.69) is 46.1 Å². The largest absolute Gasteiger partial charge is 0.383 e. The summed E-state index contributed by atoms with van der Waals surface area (Å²) >= 11 is 0. The molecule has 0 unspecified atom stereocenters. The number of rotatable bonds is 5. The summed E-state index contributed by atoms with van der Waals surface area (Å²) in [5.74, 6) is -0.538. The van der Waals surface area contributed by atoms with E-state index in [9.17, 15) is 4.79 Å². The average Bonchev–Trinajstić information content (AvgIpc) is 2.88. The van der Waals surface area contributed by atoms with E-state index in [1.54, 1.807) is 6.07 Å². The van der Waals surface area contributed by atoms with E-state index >= 15 is 4.39 Å². The second-order valence-corrected chi connectivity index (χ2v) is 10.4. The highest BCUT2D eigenvalue weighted by atomic mass is 19.1. The number of amides is 1. The summed E-state index contributed by atoms with van der Waals surface area (Å²) in [4.78, 5) is 23.4. The van der Waals surface area contributed by atoms with Crippen LogP contribution in [0.4, 0.5) is 21.6 Å². The zero-order valence-corrected chi connectivity index (χ0v) is 22.0. The number of hydrogen-bond acceptors (Lipinski definition) is 6. The second-order valence-electron chi connectivity index (χ2n) is 10.4. The van der Waals surface area contributed by atoms with E-state index in [-0.39, 0.29) is 11.7 Å². The van der Waals surface area contributed by atoms with Gasteiger partial charge in [0.1, 0.15) is 5.82 Å². The number of nitrogens with one attached hydrogen (secondary N) is 1. The number of nitrogen functional groups attached to an aromatic ring is 1.